The summed E-state index contributed by atoms with van der Waals surface area (Å²) in [5.41, 5.74) is 6.22. The van der Waals surface area contributed by atoms with E-state index in [0.717, 1.165) is 11.8 Å². The Labute approximate surface area is 145 Å². The molecular formula is C16H17N3O5S. The van der Waals surface area contributed by atoms with Crippen molar-refractivity contribution < 1.29 is 22.6 Å². The zero-order valence-corrected chi connectivity index (χ0v) is 14.3. The number of benzene rings is 2. The molecule has 0 saturated heterocycles. The number of nitrogens with one attached hydrogen (secondary N) is 3. The van der Waals surface area contributed by atoms with E-state index in [-0.39, 0.29) is 16.9 Å². The van der Waals surface area contributed by atoms with Crippen molar-refractivity contribution in [2.75, 3.05) is 17.8 Å². The maximum atomic E-state index is 12.2. The molecule has 1 amide bonds. The standard InChI is InChI=1S/C16H17N3O5S/c1-10(20)11-3-8-14(15(9-11)25(22,23)24)16(21)19-18-13-6-4-12(17-2)5-7-13/h3-9,17-18H,1-2H3,(H,19,21)(H,22,23,24). The number of amides is 1. The number of carbonyl (C=O) groups excluding carboxylic acids is 2. The quantitative estimate of drug-likeness (QED) is 0.351. The topological polar surface area (TPSA) is 125 Å². The van der Waals surface area contributed by atoms with Gasteiger partial charge in [-0.2, -0.15) is 8.42 Å². The van der Waals surface area contributed by atoms with Gasteiger partial charge in [-0.1, -0.05) is 6.07 Å². The monoisotopic (exact) mass is 363 g/mol. The SMILES string of the molecule is CNc1ccc(NNC(=O)c2ccc(C(C)=O)cc2S(=O)(=O)O)cc1. The summed E-state index contributed by atoms with van der Waals surface area (Å²) in [5.74, 6) is -1.17. The second-order valence-corrected chi connectivity index (χ2v) is 6.54. The summed E-state index contributed by atoms with van der Waals surface area (Å²) < 4.78 is 32.4. The lowest BCUT2D eigenvalue weighted by Crippen LogP contribution is -2.30. The fourth-order valence-electron chi connectivity index (χ4n) is 2.06. The number of anilines is 2. The lowest BCUT2D eigenvalue weighted by Gasteiger charge is -2.12. The van der Waals surface area contributed by atoms with Crippen molar-refractivity contribution in [3.8, 4) is 0 Å². The molecule has 2 aromatic carbocycles. The van der Waals surface area contributed by atoms with Gasteiger partial charge in [0.15, 0.2) is 5.78 Å². The largest absolute Gasteiger partial charge is 0.388 e. The van der Waals surface area contributed by atoms with Crippen LogP contribution in [0.1, 0.15) is 27.6 Å². The number of hydrogen-bond acceptors (Lipinski definition) is 6. The van der Waals surface area contributed by atoms with Crippen molar-refractivity contribution >= 4 is 33.2 Å². The zero-order valence-electron chi connectivity index (χ0n) is 13.5. The van der Waals surface area contributed by atoms with Crippen LogP contribution in [0.15, 0.2) is 47.4 Å². The van der Waals surface area contributed by atoms with E-state index in [1.165, 1.54) is 19.1 Å². The first-order valence-corrected chi connectivity index (χ1v) is 8.63. The summed E-state index contributed by atoms with van der Waals surface area (Å²) in [5, 5.41) is 2.95. The van der Waals surface area contributed by atoms with Gasteiger partial charge in [0.2, 0.25) is 0 Å². The third kappa shape index (κ3) is 4.55. The lowest BCUT2D eigenvalue weighted by atomic mass is 10.1. The smallest absolute Gasteiger partial charge is 0.295 e. The summed E-state index contributed by atoms with van der Waals surface area (Å²) in [6.07, 6.45) is 0. The number of hydrazine groups is 1. The van der Waals surface area contributed by atoms with Crippen molar-refractivity contribution in [3.63, 3.8) is 0 Å². The van der Waals surface area contributed by atoms with Gasteiger partial charge in [0.1, 0.15) is 4.90 Å². The second-order valence-electron chi connectivity index (χ2n) is 5.15. The zero-order chi connectivity index (χ0) is 18.6. The van der Waals surface area contributed by atoms with Gasteiger partial charge >= 0.3 is 0 Å². The Balaban J connectivity index is 2.24. The summed E-state index contributed by atoms with van der Waals surface area (Å²) in [6, 6.07) is 10.4. The molecule has 0 aliphatic heterocycles. The van der Waals surface area contributed by atoms with E-state index in [2.05, 4.69) is 16.2 Å². The van der Waals surface area contributed by atoms with Crippen LogP contribution in [0.3, 0.4) is 0 Å². The average Bonchev–Trinajstić information content (AvgIpc) is 2.58. The highest BCUT2D eigenvalue weighted by Crippen LogP contribution is 2.19. The summed E-state index contributed by atoms with van der Waals surface area (Å²) in [7, 11) is -2.91. The predicted octanol–water partition coefficient (Wildman–Crippen LogP) is 1.93. The van der Waals surface area contributed by atoms with Gasteiger partial charge in [0.05, 0.1) is 11.3 Å². The molecule has 0 bridgehead atoms. The van der Waals surface area contributed by atoms with E-state index in [1.807, 2.05) is 0 Å². The van der Waals surface area contributed by atoms with Crippen molar-refractivity contribution in [2.24, 2.45) is 0 Å². The molecule has 9 heteroatoms. The first kappa shape index (κ1) is 18.4. The van der Waals surface area contributed by atoms with Crippen LogP contribution in [-0.4, -0.2) is 31.7 Å². The van der Waals surface area contributed by atoms with Crippen LogP contribution in [0.5, 0.6) is 0 Å². The normalized spacial score (nSPS) is 10.8. The fraction of sp³-hybridized carbons (Fsp3) is 0.125. The molecule has 0 heterocycles. The van der Waals surface area contributed by atoms with Crippen LogP contribution in [0, 0.1) is 0 Å². The van der Waals surface area contributed by atoms with Crippen molar-refractivity contribution in [3.05, 3.63) is 53.6 Å². The van der Waals surface area contributed by atoms with Crippen molar-refractivity contribution in [1.82, 2.24) is 5.43 Å². The molecule has 0 saturated carbocycles. The minimum absolute atomic E-state index is 0.0692. The highest BCUT2D eigenvalue weighted by atomic mass is 32.2. The molecule has 2 rings (SSSR count). The molecule has 2 aromatic rings. The van der Waals surface area contributed by atoms with Gasteiger partial charge in [-0.25, -0.2) is 0 Å². The van der Waals surface area contributed by atoms with Gasteiger partial charge in [-0.05, 0) is 43.3 Å². The molecule has 0 radical (unpaired) electrons. The van der Waals surface area contributed by atoms with Crippen LogP contribution in [-0.2, 0) is 10.1 Å². The molecule has 8 nitrogen and oxygen atoms in total. The third-order valence-corrected chi connectivity index (χ3v) is 4.30. The van der Waals surface area contributed by atoms with Gasteiger partial charge in [-0.15, -0.1) is 0 Å². The third-order valence-electron chi connectivity index (χ3n) is 3.40. The maximum Gasteiger partial charge on any atom is 0.295 e. The minimum Gasteiger partial charge on any atom is -0.388 e. The number of ketones is 1. The van der Waals surface area contributed by atoms with Crippen molar-refractivity contribution in [2.45, 2.75) is 11.8 Å². The van der Waals surface area contributed by atoms with Gasteiger partial charge < -0.3 is 5.32 Å². The van der Waals surface area contributed by atoms with Crippen molar-refractivity contribution in [1.29, 1.82) is 0 Å². The maximum absolute atomic E-state index is 12.2. The second kappa shape index (κ2) is 7.32. The first-order valence-electron chi connectivity index (χ1n) is 7.19. The summed E-state index contributed by atoms with van der Waals surface area (Å²) in [4.78, 5) is 23.0. The molecular weight excluding hydrogens is 346 g/mol. The van der Waals surface area contributed by atoms with E-state index < -0.39 is 20.9 Å². The highest BCUT2D eigenvalue weighted by Gasteiger charge is 2.22. The van der Waals surface area contributed by atoms with Gasteiger partial charge in [-0.3, -0.25) is 25.0 Å². The molecule has 0 aromatic heterocycles. The molecule has 0 aliphatic rings. The average molecular weight is 363 g/mol. The Morgan fingerprint density at radius 2 is 1.60 bits per heavy atom. The number of hydrogen-bond donors (Lipinski definition) is 4. The summed E-state index contributed by atoms with van der Waals surface area (Å²) in [6.45, 7) is 1.25. The molecule has 0 atom stereocenters. The molecule has 132 valence electrons. The molecule has 0 fully saturated rings. The minimum atomic E-state index is -4.68. The Hall–Kier alpha value is -2.91. The first-order chi connectivity index (χ1) is 11.7. The van der Waals surface area contributed by atoms with E-state index in [9.17, 15) is 22.6 Å². The van der Waals surface area contributed by atoms with Crippen LogP contribution in [0.25, 0.3) is 0 Å². The Morgan fingerprint density at radius 1 is 1.00 bits per heavy atom. The van der Waals surface area contributed by atoms with Crippen LogP contribution < -0.4 is 16.2 Å². The van der Waals surface area contributed by atoms with Crippen LogP contribution in [0.4, 0.5) is 11.4 Å². The number of Topliss-reactive ketones (excluding diaryl/α,β-unsaturated/α-hetero) is 1. The molecule has 25 heavy (non-hydrogen) atoms. The van der Waals surface area contributed by atoms with E-state index >= 15 is 0 Å². The van der Waals surface area contributed by atoms with Crippen LogP contribution in [0.2, 0.25) is 0 Å². The van der Waals surface area contributed by atoms with Crippen LogP contribution >= 0.6 is 0 Å². The highest BCUT2D eigenvalue weighted by molar-refractivity contribution is 7.86. The van der Waals surface area contributed by atoms with E-state index in [0.29, 0.717) is 5.69 Å². The molecule has 4 N–H and O–H groups in total. The Bertz CT molecular complexity index is 908. The Morgan fingerprint density at radius 3 is 2.12 bits per heavy atom. The van der Waals surface area contributed by atoms with E-state index in [4.69, 9.17) is 0 Å². The Kier molecular flexibility index (Phi) is 5.40. The van der Waals surface area contributed by atoms with Gasteiger partial charge in [0, 0.05) is 18.3 Å². The molecule has 0 unspecified atom stereocenters. The lowest BCUT2D eigenvalue weighted by molar-refractivity contribution is 0.0956. The van der Waals surface area contributed by atoms with E-state index in [1.54, 1.807) is 31.3 Å². The fourth-order valence-corrected chi connectivity index (χ4v) is 2.77. The molecule has 0 spiro atoms. The number of rotatable bonds is 6. The predicted molar refractivity (Wildman–Crippen MR) is 93.3 cm³/mol. The number of carbonyl (C=O) groups is 2. The summed E-state index contributed by atoms with van der Waals surface area (Å²) >= 11 is 0. The van der Waals surface area contributed by atoms with Gasteiger partial charge in [0.25, 0.3) is 16.0 Å². The molecule has 0 aliphatic carbocycles.